The van der Waals surface area contributed by atoms with E-state index in [1.165, 1.54) is 22.5 Å². The summed E-state index contributed by atoms with van der Waals surface area (Å²) >= 11 is 0. The van der Waals surface area contributed by atoms with Gasteiger partial charge in [0, 0.05) is 26.2 Å². The van der Waals surface area contributed by atoms with Crippen LogP contribution in [0.5, 0.6) is 0 Å². The molecule has 0 radical (unpaired) electrons. The molecule has 1 heterocycles. The summed E-state index contributed by atoms with van der Waals surface area (Å²) in [4.78, 5) is 1.62. The van der Waals surface area contributed by atoms with Gasteiger partial charge < -0.3 is 0 Å². The Morgan fingerprint density at radius 1 is 1.25 bits per heavy atom. The van der Waals surface area contributed by atoms with E-state index in [1.807, 2.05) is 4.90 Å². The fraction of sp³-hybridized carbons (Fsp3) is 0.462. The van der Waals surface area contributed by atoms with E-state index in [4.69, 9.17) is 5.26 Å². The van der Waals surface area contributed by atoms with Gasteiger partial charge in [0.2, 0.25) is 10.0 Å². The fourth-order valence-electron chi connectivity index (χ4n) is 2.21. The van der Waals surface area contributed by atoms with Crippen LogP contribution < -0.4 is 0 Å². The van der Waals surface area contributed by atoms with Crippen molar-refractivity contribution in [2.75, 3.05) is 26.2 Å². The Hall–Kier alpha value is -1.49. The molecule has 2 rings (SSSR count). The maximum Gasteiger partial charge on any atom is 0.246 e. The van der Waals surface area contributed by atoms with Gasteiger partial charge in [0.25, 0.3) is 0 Å². The van der Waals surface area contributed by atoms with Gasteiger partial charge in [0.15, 0.2) is 0 Å². The summed E-state index contributed by atoms with van der Waals surface area (Å²) < 4.78 is 39.6. The lowest BCUT2D eigenvalue weighted by Crippen LogP contribution is -2.51. The number of piperazine rings is 1. The fourth-order valence-corrected chi connectivity index (χ4v) is 3.69. The van der Waals surface area contributed by atoms with Crippen LogP contribution in [0.15, 0.2) is 29.2 Å². The number of hydrogen-bond donors (Lipinski definition) is 0. The molecule has 0 saturated carbocycles. The van der Waals surface area contributed by atoms with Crippen LogP contribution in [0.3, 0.4) is 0 Å². The number of benzene rings is 1. The predicted octanol–water partition coefficient (Wildman–Crippen LogP) is 1.04. The van der Waals surface area contributed by atoms with Gasteiger partial charge in [-0.05, 0) is 19.1 Å². The Morgan fingerprint density at radius 2 is 1.85 bits per heavy atom. The molecule has 1 atom stereocenters. The van der Waals surface area contributed by atoms with E-state index in [0.29, 0.717) is 13.1 Å². The molecule has 1 aromatic carbocycles. The molecule has 7 heteroatoms. The summed E-state index contributed by atoms with van der Waals surface area (Å²) in [5, 5.41) is 8.85. The Kier molecular flexibility index (Phi) is 4.38. The third-order valence-corrected chi connectivity index (χ3v) is 5.39. The molecule has 1 fully saturated rings. The number of nitriles is 1. The van der Waals surface area contributed by atoms with Crippen molar-refractivity contribution in [1.82, 2.24) is 9.21 Å². The lowest BCUT2D eigenvalue weighted by molar-refractivity contribution is 0.169. The van der Waals surface area contributed by atoms with Gasteiger partial charge in [-0.15, -0.1) is 0 Å². The SMILES string of the molecule is C[C@@H](C#N)N1CCN(S(=O)(=O)c2ccccc2F)CC1. The molecule has 1 aliphatic rings. The van der Waals surface area contributed by atoms with Crippen molar-refractivity contribution in [3.63, 3.8) is 0 Å². The topological polar surface area (TPSA) is 64.4 Å². The first-order valence-electron chi connectivity index (χ1n) is 6.35. The Balaban J connectivity index is 2.15. The minimum absolute atomic E-state index is 0.242. The van der Waals surface area contributed by atoms with Crippen molar-refractivity contribution in [3.8, 4) is 6.07 Å². The van der Waals surface area contributed by atoms with E-state index in [-0.39, 0.29) is 24.0 Å². The normalized spacial score (nSPS) is 19.4. The monoisotopic (exact) mass is 297 g/mol. The van der Waals surface area contributed by atoms with E-state index in [2.05, 4.69) is 6.07 Å². The number of sulfonamides is 1. The molecule has 5 nitrogen and oxygen atoms in total. The van der Waals surface area contributed by atoms with E-state index < -0.39 is 15.8 Å². The van der Waals surface area contributed by atoms with Crippen LogP contribution in [0.4, 0.5) is 4.39 Å². The quantitative estimate of drug-likeness (QED) is 0.836. The zero-order valence-electron chi connectivity index (χ0n) is 11.2. The number of nitrogens with zero attached hydrogens (tertiary/aromatic N) is 3. The summed E-state index contributed by atoms with van der Waals surface area (Å²) in [7, 11) is -3.80. The van der Waals surface area contributed by atoms with Crippen LogP contribution >= 0.6 is 0 Å². The van der Waals surface area contributed by atoms with Crippen molar-refractivity contribution < 1.29 is 12.8 Å². The maximum atomic E-state index is 13.6. The zero-order valence-corrected chi connectivity index (χ0v) is 12.0. The van der Waals surface area contributed by atoms with Gasteiger partial charge in [0.1, 0.15) is 10.7 Å². The second-order valence-corrected chi connectivity index (χ2v) is 6.58. The standard InChI is InChI=1S/C13H16FN3O2S/c1-11(10-15)16-6-8-17(9-7-16)20(18,19)13-5-3-2-4-12(13)14/h2-5,11H,6-9H2,1H3/t11-/m0/s1. The lowest BCUT2D eigenvalue weighted by atomic mass is 10.2. The molecule has 0 aromatic heterocycles. The molecule has 0 amide bonds. The van der Waals surface area contributed by atoms with Crippen LogP contribution in [0.25, 0.3) is 0 Å². The highest BCUT2D eigenvalue weighted by atomic mass is 32.2. The predicted molar refractivity (Wildman–Crippen MR) is 71.8 cm³/mol. The molecule has 1 aromatic rings. The Morgan fingerprint density at radius 3 is 2.40 bits per heavy atom. The second-order valence-electron chi connectivity index (χ2n) is 4.68. The summed E-state index contributed by atoms with van der Waals surface area (Å²) in [6.07, 6.45) is 0. The van der Waals surface area contributed by atoms with E-state index in [1.54, 1.807) is 6.92 Å². The molecule has 0 bridgehead atoms. The van der Waals surface area contributed by atoms with E-state index in [9.17, 15) is 12.8 Å². The smallest absolute Gasteiger partial charge is 0.246 e. The van der Waals surface area contributed by atoms with Crippen LogP contribution in [0, 0.1) is 17.1 Å². The molecule has 1 aliphatic heterocycles. The van der Waals surface area contributed by atoms with Crippen LogP contribution in [0.1, 0.15) is 6.92 Å². The number of rotatable bonds is 3. The lowest BCUT2D eigenvalue weighted by Gasteiger charge is -2.35. The summed E-state index contributed by atoms with van der Waals surface area (Å²) in [6.45, 7) is 3.26. The van der Waals surface area contributed by atoms with Crippen LogP contribution in [-0.4, -0.2) is 49.8 Å². The molecule has 0 aliphatic carbocycles. The minimum Gasteiger partial charge on any atom is -0.286 e. The number of hydrogen-bond acceptors (Lipinski definition) is 4. The second kappa shape index (κ2) is 5.87. The Labute approximate surface area is 118 Å². The van der Waals surface area contributed by atoms with Gasteiger partial charge in [-0.3, -0.25) is 4.90 Å². The average molecular weight is 297 g/mol. The summed E-state index contributed by atoms with van der Waals surface area (Å²) in [6, 6.07) is 7.26. The molecule has 20 heavy (non-hydrogen) atoms. The molecule has 0 unspecified atom stereocenters. The first kappa shape index (κ1) is 14.9. The van der Waals surface area contributed by atoms with Gasteiger partial charge in [-0.1, -0.05) is 12.1 Å². The van der Waals surface area contributed by atoms with Crippen molar-refractivity contribution in [1.29, 1.82) is 5.26 Å². The first-order valence-corrected chi connectivity index (χ1v) is 7.79. The minimum atomic E-state index is -3.80. The molecular weight excluding hydrogens is 281 g/mol. The third-order valence-electron chi connectivity index (χ3n) is 3.46. The molecule has 1 saturated heterocycles. The molecule has 0 N–H and O–H groups in total. The van der Waals surface area contributed by atoms with Gasteiger partial charge in [-0.2, -0.15) is 9.57 Å². The third kappa shape index (κ3) is 2.82. The van der Waals surface area contributed by atoms with Crippen molar-refractivity contribution >= 4 is 10.0 Å². The highest BCUT2D eigenvalue weighted by Gasteiger charge is 2.31. The van der Waals surface area contributed by atoms with Gasteiger partial charge in [0.05, 0.1) is 12.1 Å². The van der Waals surface area contributed by atoms with Crippen molar-refractivity contribution in [2.24, 2.45) is 0 Å². The highest BCUT2D eigenvalue weighted by Crippen LogP contribution is 2.20. The van der Waals surface area contributed by atoms with Crippen molar-refractivity contribution in [2.45, 2.75) is 17.9 Å². The van der Waals surface area contributed by atoms with E-state index >= 15 is 0 Å². The maximum absolute atomic E-state index is 13.6. The highest BCUT2D eigenvalue weighted by molar-refractivity contribution is 7.89. The van der Waals surface area contributed by atoms with Gasteiger partial charge >= 0.3 is 0 Å². The molecular formula is C13H16FN3O2S. The zero-order chi connectivity index (χ0) is 14.8. The molecule has 0 spiro atoms. The van der Waals surface area contributed by atoms with E-state index in [0.717, 1.165) is 6.07 Å². The van der Waals surface area contributed by atoms with Crippen molar-refractivity contribution in [3.05, 3.63) is 30.1 Å². The van der Waals surface area contributed by atoms with Gasteiger partial charge in [-0.25, -0.2) is 12.8 Å². The van der Waals surface area contributed by atoms with Crippen LogP contribution in [-0.2, 0) is 10.0 Å². The van der Waals surface area contributed by atoms with Crippen LogP contribution in [0.2, 0.25) is 0 Å². The molecule has 108 valence electrons. The summed E-state index contributed by atoms with van der Waals surface area (Å²) in [5.41, 5.74) is 0. The average Bonchev–Trinajstić information content (AvgIpc) is 2.47. The Bertz CT molecular complexity index is 619. The number of halogens is 1. The summed E-state index contributed by atoms with van der Waals surface area (Å²) in [5.74, 6) is -0.736. The first-order chi connectivity index (χ1) is 9.46. The largest absolute Gasteiger partial charge is 0.286 e.